The van der Waals surface area contributed by atoms with Crippen LogP contribution in [-0.4, -0.2) is 5.75 Å². The van der Waals surface area contributed by atoms with Gasteiger partial charge in [0.25, 0.3) is 0 Å². The van der Waals surface area contributed by atoms with E-state index in [1.165, 1.54) is 11.8 Å². The molecular weight excluding hydrogens is 146 g/mol. The Hall–Kier alpha value is -1.13. The molecule has 0 spiro atoms. The van der Waals surface area contributed by atoms with Gasteiger partial charge in [0.05, 0.1) is 5.03 Å². The Morgan fingerprint density at radius 1 is 1.50 bits per heavy atom. The number of thioether (sulfide) groups is 1. The SMILES string of the molecule is CCSC(N)=C(C#N)C#N. The predicted molar refractivity (Wildman–Crippen MR) is 40.6 cm³/mol. The van der Waals surface area contributed by atoms with Gasteiger partial charge in [-0.2, -0.15) is 10.5 Å². The highest BCUT2D eigenvalue weighted by atomic mass is 32.2. The van der Waals surface area contributed by atoms with Crippen LogP contribution in [0.2, 0.25) is 0 Å². The molecular formula is C6H7N3S. The summed E-state index contributed by atoms with van der Waals surface area (Å²) < 4.78 is 0. The van der Waals surface area contributed by atoms with Crippen molar-refractivity contribution in [2.45, 2.75) is 6.92 Å². The summed E-state index contributed by atoms with van der Waals surface area (Å²) >= 11 is 1.30. The maximum Gasteiger partial charge on any atom is 0.159 e. The van der Waals surface area contributed by atoms with Gasteiger partial charge in [0.2, 0.25) is 0 Å². The topological polar surface area (TPSA) is 73.6 Å². The van der Waals surface area contributed by atoms with Gasteiger partial charge >= 0.3 is 0 Å². The Labute approximate surface area is 64.1 Å². The molecule has 0 heterocycles. The molecule has 4 heteroatoms. The van der Waals surface area contributed by atoms with Gasteiger partial charge in [-0.25, -0.2) is 0 Å². The molecule has 0 aliphatic heterocycles. The van der Waals surface area contributed by atoms with Crippen molar-refractivity contribution >= 4 is 11.8 Å². The quantitative estimate of drug-likeness (QED) is 0.599. The molecule has 0 bridgehead atoms. The standard InChI is InChI=1S/C6H7N3S/c1-2-10-6(9)5(3-7)4-8/h2,9H2,1H3. The summed E-state index contributed by atoms with van der Waals surface area (Å²) in [6, 6.07) is 3.42. The van der Waals surface area contributed by atoms with Gasteiger partial charge in [0.15, 0.2) is 5.57 Å². The van der Waals surface area contributed by atoms with E-state index >= 15 is 0 Å². The van der Waals surface area contributed by atoms with Crippen LogP contribution in [0.15, 0.2) is 10.6 Å². The van der Waals surface area contributed by atoms with Crippen molar-refractivity contribution in [2.75, 3.05) is 5.75 Å². The fraction of sp³-hybridized carbons (Fsp3) is 0.333. The zero-order valence-corrected chi connectivity index (χ0v) is 6.40. The average molecular weight is 153 g/mol. The van der Waals surface area contributed by atoms with Crippen molar-refractivity contribution in [1.29, 1.82) is 10.5 Å². The molecule has 0 aromatic rings. The van der Waals surface area contributed by atoms with E-state index in [2.05, 4.69) is 0 Å². The Morgan fingerprint density at radius 2 is 2.00 bits per heavy atom. The van der Waals surface area contributed by atoms with Gasteiger partial charge in [-0.1, -0.05) is 6.92 Å². The number of hydrogen-bond donors (Lipinski definition) is 1. The van der Waals surface area contributed by atoms with Gasteiger partial charge in [-0.3, -0.25) is 0 Å². The molecule has 3 nitrogen and oxygen atoms in total. The molecule has 52 valence electrons. The lowest BCUT2D eigenvalue weighted by molar-refractivity contribution is 1.41. The van der Waals surface area contributed by atoms with E-state index in [9.17, 15) is 0 Å². The number of rotatable bonds is 2. The predicted octanol–water partition coefficient (Wildman–Crippen LogP) is 0.957. The van der Waals surface area contributed by atoms with Crippen LogP contribution in [0, 0.1) is 22.7 Å². The fourth-order valence-electron chi connectivity index (χ4n) is 0.363. The summed E-state index contributed by atoms with van der Waals surface area (Å²) in [5.74, 6) is 0.776. The third-order valence-corrected chi connectivity index (χ3v) is 1.57. The van der Waals surface area contributed by atoms with Crippen LogP contribution in [0.5, 0.6) is 0 Å². The molecule has 0 aliphatic rings. The second-order valence-electron chi connectivity index (χ2n) is 1.40. The third kappa shape index (κ3) is 2.43. The first-order valence-corrected chi connectivity index (χ1v) is 3.67. The molecule has 10 heavy (non-hydrogen) atoms. The first-order valence-electron chi connectivity index (χ1n) is 2.69. The van der Waals surface area contributed by atoms with Crippen LogP contribution in [0.1, 0.15) is 6.92 Å². The molecule has 0 radical (unpaired) electrons. The molecule has 2 N–H and O–H groups in total. The zero-order valence-electron chi connectivity index (χ0n) is 5.59. The van der Waals surface area contributed by atoms with Crippen LogP contribution in [0.3, 0.4) is 0 Å². The lowest BCUT2D eigenvalue weighted by atomic mass is 10.4. The Morgan fingerprint density at radius 3 is 2.30 bits per heavy atom. The highest BCUT2D eigenvalue weighted by molar-refractivity contribution is 8.03. The van der Waals surface area contributed by atoms with Crippen LogP contribution >= 0.6 is 11.8 Å². The Bertz CT molecular complexity index is 202. The molecule has 0 amide bonds. The van der Waals surface area contributed by atoms with Crippen molar-refractivity contribution in [1.82, 2.24) is 0 Å². The first-order chi connectivity index (χ1) is 4.76. The second kappa shape index (κ2) is 4.72. The number of nitrogens with two attached hydrogens (primary N) is 1. The van der Waals surface area contributed by atoms with Gasteiger partial charge in [-0.15, -0.1) is 11.8 Å². The second-order valence-corrected chi connectivity index (χ2v) is 2.70. The van der Waals surface area contributed by atoms with Gasteiger partial charge in [-0.05, 0) is 5.75 Å². The number of nitriles is 2. The van der Waals surface area contributed by atoms with Crippen LogP contribution in [-0.2, 0) is 0 Å². The number of hydrogen-bond acceptors (Lipinski definition) is 4. The largest absolute Gasteiger partial charge is 0.392 e. The van der Waals surface area contributed by atoms with Crippen LogP contribution in [0.4, 0.5) is 0 Å². The van der Waals surface area contributed by atoms with E-state index in [0.29, 0.717) is 5.03 Å². The summed E-state index contributed by atoms with van der Waals surface area (Å²) in [6.45, 7) is 1.91. The normalized spacial score (nSPS) is 7.50. The highest BCUT2D eigenvalue weighted by Crippen LogP contribution is 2.12. The lowest BCUT2D eigenvalue weighted by Crippen LogP contribution is -1.96. The highest BCUT2D eigenvalue weighted by Gasteiger charge is 1.99. The maximum atomic E-state index is 8.30. The van der Waals surface area contributed by atoms with E-state index in [4.69, 9.17) is 16.3 Å². The Kier molecular flexibility index (Phi) is 4.19. The van der Waals surface area contributed by atoms with Crippen molar-refractivity contribution in [3.8, 4) is 12.1 Å². The van der Waals surface area contributed by atoms with Crippen molar-refractivity contribution in [3.05, 3.63) is 10.6 Å². The van der Waals surface area contributed by atoms with E-state index in [-0.39, 0.29) is 5.57 Å². The molecule has 0 fully saturated rings. The zero-order chi connectivity index (χ0) is 7.98. The molecule has 0 saturated carbocycles. The average Bonchev–Trinajstić information content (AvgIpc) is 1.91. The monoisotopic (exact) mass is 153 g/mol. The van der Waals surface area contributed by atoms with Crippen molar-refractivity contribution < 1.29 is 0 Å². The minimum Gasteiger partial charge on any atom is -0.392 e. The van der Waals surface area contributed by atoms with Gasteiger partial charge in [0, 0.05) is 0 Å². The van der Waals surface area contributed by atoms with Crippen LogP contribution in [0.25, 0.3) is 0 Å². The van der Waals surface area contributed by atoms with E-state index < -0.39 is 0 Å². The van der Waals surface area contributed by atoms with Crippen LogP contribution < -0.4 is 5.73 Å². The minimum absolute atomic E-state index is 0.00634. The first kappa shape index (κ1) is 8.87. The van der Waals surface area contributed by atoms with Gasteiger partial charge < -0.3 is 5.73 Å². The maximum absolute atomic E-state index is 8.30. The number of nitrogens with zero attached hydrogens (tertiary/aromatic N) is 2. The smallest absolute Gasteiger partial charge is 0.159 e. The summed E-state index contributed by atoms with van der Waals surface area (Å²) in [6.07, 6.45) is 0. The third-order valence-electron chi connectivity index (χ3n) is 0.770. The summed E-state index contributed by atoms with van der Waals surface area (Å²) in [5.41, 5.74) is 5.35. The van der Waals surface area contributed by atoms with Gasteiger partial charge in [0.1, 0.15) is 12.1 Å². The molecule has 0 aromatic carbocycles. The molecule has 0 aromatic heterocycles. The molecule has 0 unspecified atom stereocenters. The molecule has 0 saturated heterocycles. The van der Waals surface area contributed by atoms with E-state index in [0.717, 1.165) is 5.75 Å². The van der Waals surface area contributed by atoms with Crippen molar-refractivity contribution in [2.24, 2.45) is 5.73 Å². The molecule has 0 rings (SSSR count). The molecule has 0 atom stereocenters. The number of allylic oxidation sites excluding steroid dienone is 1. The minimum atomic E-state index is 0.00634. The van der Waals surface area contributed by atoms with Crippen molar-refractivity contribution in [3.63, 3.8) is 0 Å². The Balaban J connectivity index is 4.36. The summed E-state index contributed by atoms with van der Waals surface area (Å²) in [7, 11) is 0. The van der Waals surface area contributed by atoms with E-state index in [1.54, 1.807) is 12.1 Å². The summed E-state index contributed by atoms with van der Waals surface area (Å²) in [5, 5.41) is 16.9. The molecule has 0 aliphatic carbocycles. The lowest BCUT2D eigenvalue weighted by Gasteiger charge is -1.94. The fourth-order valence-corrected chi connectivity index (χ4v) is 0.909. The van der Waals surface area contributed by atoms with E-state index in [1.807, 2.05) is 6.92 Å². The summed E-state index contributed by atoms with van der Waals surface area (Å²) in [4.78, 5) is 0.